The number of hydrogen-bond acceptors (Lipinski definition) is 5. The molecule has 5 heteroatoms. The maximum absolute atomic E-state index is 13.9. The standard InChI is InChI=1S/C36H58O3S2/c1-23(2)31-27(38)21-36(22-30-40-19-10-20-41-30)18-17-35(8)24(3)12-13-28-33(5,6)29(39-25(4)37)14-16-34(28,7)15-9-11-26(35)32(31)36/h23-24,26,28-30H,9-22H2,1-8H3. The zero-order chi connectivity index (χ0) is 29.8. The van der Waals surface area contributed by atoms with Crippen LogP contribution in [0.2, 0.25) is 0 Å². The molecule has 232 valence electrons. The highest BCUT2D eigenvalue weighted by atomic mass is 32.2. The summed E-state index contributed by atoms with van der Waals surface area (Å²) in [7, 11) is 0. The second kappa shape index (κ2) is 11.8. The first kappa shape index (κ1) is 32.0. The molecule has 41 heavy (non-hydrogen) atoms. The van der Waals surface area contributed by atoms with Crippen LogP contribution in [0, 0.1) is 45.3 Å². The fraction of sp³-hybridized carbons (Fsp3) is 0.889. The van der Waals surface area contributed by atoms with Gasteiger partial charge in [-0.1, -0.05) is 60.5 Å². The Bertz CT molecular complexity index is 1040. The molecule has 0 spiro atoms. The van der Waals surface area contributed by atoms with Crippen molar-refractivity contribution in [2.45, 2.75) is 143 Å². The Kier molecular flexibility index (Phi) is 9.23. The van der Waals surface area contributed by atoms with Gasteiger partial charge in [0.05, 0.1) is 4.58 Å². The molecule has 0 radical (unpaired) electrons. The summed E-state index contributed by atoms with van der Waals surface area (Å²) in [5, 5.41) is 0. The summed E-state index contributed by atoms with van der Waals surface area (Å²) < 4.78 is 6.59. The number of fused-ring (bicyclic) bond motifs is 4. The average molecular weight is 603 g/mol. The first-order chi connectivity index (χ1) is 19.2. The van der Waals surface area contributed by atoms with E-state index < -0.39 is 0 Å². The summed E-state index contributed by atoms with van der Waals surface area (Å²) in [5.74, 6) is 4.91. The number of Topliss-reactive ketones (excluding diaryl/α,β-unsaturated/α-hetero) is 1. The van der Waals surface area contributed by atoms with Crippen molar-refractivity contribution >= 4 is 35.3 Å². The van der Waals surface area contributed by atoms with Crippen LogP contribution in [0.4, 0.5) is 0 Å². The molecule has 0 N–H and O–H groups in total. The Hall–Kier alpha value is -0.420. The zero-order valence-corrected chi connectivity index (χ0v) is 29.0. The highest BCUT2D eigenvalue weighted by Gasteiger charge is 2.59. The minimum absolute atomic E-state index is 0.0137. The van der Waals surface area contributed by atoms with Gasteiger partial charge in [-0.2, -0.15) is 0 Å². The smallest absolute Gasteiger partial charge is 0.302 e. The van der Waals surface area contributed by atoms with Gasteiger partial charge in [-0.15, -0.1) is 23.5 Å². The summed E-state index contributed by atoms with van der Waals surface area (Å²) in [6.07, 6.45) is 14.0. The van der Waals surface area contributed by atoms with Crippen molar-refractivity contribution in [2.75, 3.05) is 11.5 Å². The topological polar surface area (TPSA) is 43.4 Å². The molecule has 1 saturated heterocycles. The predicted octanol–water partition coefficient (Wildman–Crippen LogP) is 9.88. The van der Waals surface area contributed by atoms with E-state index in [0.717, 1.165) is 19.3 Å². The van der Waals surface area contributed by atoms with E-state index in [1.165, 1.54) is 74.9 Å². The van der Waals surface area contributed by atoms with E-state index in [1.807, 2.05) is 0 Å². The molecule has 1 aliphatic heterocycles. The maximum Gasteiger partial charge on any atom is 0.302 e. The third kappa shape index (κ3) is 5.75. The van der Waals surface area contributed by atoms with Gasteiger partial charge in [0.15, 0.2) is 5.78 Å². The number of ketones is 1. The third-order valence-corrected chi connectivity index (χ3v) is 16.0. The van der Waals surface area contributed by atoms with E-state index in [4.69, 9.17) is 4.74 Å². The molecule has 7 atom stereocenters. The normalized spacial score (nSPS) is 41.9. The number of carbonyl (C=O) groups is 2. The summed E-state index contributed by atoms with van der Waals surface area (Å²) in [6.45, 7) is 18.6. The van der Waals surface area contributed by atoms with Crippen LogP contribution in [0.25, 0.3) is 0 Å². The van der Waals surface area contributed by atoms with E-state index in [2.05, 4.69) is 72.0 Å². The molecule has 3 saturated carbocycles. The van der Waals surface area contributed by atoms with Crippen LogP contribution in [0.15, 0.2) is 11.1 Å². The molecular formula is C36H58O3S2. The zero-order valence-electron chi connectivity index (χ0n) is 27.4. The Morgan fingerprint density at radius 3 is 2.32 bits per heavy atom. The van der Waals surface area contributed by atoms with E-state index in [0.29, 0.717) is 34.0 Å². The van der Waals surface area contributed by atoms with Crippen molar-refractivity contribution in [3.63, 3.8) is 0 Å². The molecule has 1 heterocycles. The van der Waals surface area contributed by atoms with Gasteiger partial charge in [-0.3, -0.25) is 9.59 Å². The largest absolute Gasteiger partial charge is 0.462 e. The molecule has 0 aromatic carbocycles. The lowest BCUT2D eigenvalue weighted by atomic mass is 9.48. The van der Waals surface area contributed by atoms with E-state index >= 15 is 0 Å². The molecule has 3 nitrogen and oxygen atoms in total. The highest BCUT2D eigenvalue weighted by molar-refractivity contribution is 8.17. The minimum atomic E-state index is -0.133. The molecule has 4 aliphatic carbocycles. The van der Waals surface area contributed by atoms with Crippen molar-refractivity contribution in [3.8, 4) is 0 Å². The Labute approximate surface area is 259 Å². The van der Waals surface area contributed by atoms with Crippen LogP contribution in [-0.2, 0) is 14.3 Å². The second-order valence-electron chi connectivity index (χ2n) is 16.2. The lowest BCUT2D eigenvalue weighted by Gasteiger charge is -2.58. The molecule has 0 amide bonds. The molecular weight excluding hydrogens is 545 g/mol. The SMILES string of the molecule is CC(=O)OC1CCC2(C)CCCC3C4=C(C(C)C)C(=O)CC4(CC4SCCCS4)CCC3(C)C(C)CCC2C1(C)C. The van der Waals surface area contributed by atoms with Crippen molar-refractivity contribution in [2.24, 2.45) is 45.3 Å². The van der Waals surface area contributed by atoms with Gasteiger partial charge < -0.3 is 4.74 Å². The van der Waals surface area contributed by atoms with Crippen molar-refractivity contribution < 1.29 is 14.3 Å². The fourth-order valence-corrected chi connectivity index (χ4v) is 13.9. The Balaban J connectivity index is 1.49. The van der Waals surface area contributed by atoms with E-state index in [-0.39, 0.29) is 33.7 Å². The molecule has 5 rings (SSSR count). The summed E-state index contributed by atoms with van der Waals surface area (Å²) in [6, 6.07) is 0. The first-order valence-corrected chi connectivity index (χ1v) is 19.0. The third-order valence-electron chi connectivity index (χ3n) is 13.1. The van der Waals surface area contributed by atoms with Gasteiger partial charge >= 0.3 is 5.97 Å². The number of thioether (sulfide) groups is 2. The van der Waals surface area contributed by atoms with Gasteiger partial charge in [0.1, 0.15) is 6.10 Å². The van der Waals surface area contributed by atoms with Crippen LogP contribution in [0.3, 0.4) is 0 Å². The number of allylic oxidation sites excluding steroid dienone is 2. The van der Waals surface area contributed by atoms with Crippen molar-refractivity contribution in [1.29, 1.82) is 0 Å². The van der Waals surface area contributed by atoms with Crippen LogP contribution >= 0.6 is 23.5 Å². The van der Waals surface area contributed by atoms with Gasteiger partial charge in [0.25, 0.3) is 0 Å². The predicted molar refractivity (Wildman–Crippen MR) is 175 cm³/mol. The van der Waals surface area contributed by atoms with Gasteiger partial charge in [-0.25, -0.2) is 0 Å². The average Bonchev–Trinajstić information content (AvgIpc) is 3.19. The molecule has 0 aromatic heterocycles. The lowest BCUT2D eigenvalue weighted by Crippen LogP contribution is -2.52. The Morgan fingerprint density at radius 2 is 1.66 bits per heavy atom. The molecule has 0 bridgehead atoms. The summed E-state index contributed by atoms with van der Waals surface area (Å²) in [5.41, 5.74) is 3.48. The molecule has 7 unspecified atom stereocenters. The number of carbonyl (C=O) groups excluding carboxylic acids is 2. The Morgan fingerprint density at radius 1 is 0.951 bits per heavy atom. The van der Waals surface area contributed by atoms with Crippen molar-refractivity contribution in [3.05, 3.63) is 11.1 Å². The van der Waals surface area contributed by atoms with Crippen LogP contribution in [0.1, 0.15) is 132 Å². The van der Waals surface area contributed by atoms with E-state index in [9.17, 15) is 9.59 Å². The minimum Gasteiger partial charge on any atom is -0.462 e. The highest BCUT2D eigenvalue weighted by Crippen LogP contribution is 2.67. The van der Waals surface area contributed by atoms with Crippen molar-refractivity contribution in [1.82, 2.24) is 0 Å². The van der Waals surface area contributed by atoms with Gasteiger partial charge in [0, 0.05) is 24.2 Å². The summed E-state index contributed by atoms with van der Waals surface area (Å²) in [4.78, 5) is 25.9. The summed E-state index contributed by atoms with van der Waals surface area (Å²) >= 11 is 4.33. The number of rotatable bonds is 4. The van der Waals surface area contributed by atoms with Gasteiger partial charge in [0.2, 0.25) is 0 Å². The second-order valence-corrected chi connectivity index (χ2v) is 19.1. The molecule has 0 aromatic rings. The van der Waals surface area contributed by atoms with Crippen LogP contribution < -0.4 is 0 Å². The lowest BCUT2D eigenvalue weighted by molar-refractivity contribution is -0.169. The molecule has 4 fully saturated rings. The number of esters is 1. The van der Waals surface area contributed by atoms with Gasteiger partial charge in [-0.05, 0) is 116 Å². The monoisotopic (exact) mass is 602 g/mol. The van der Waals surface area contributed by atoms with Crippen LogP contribution in [0.5, 0.6) is 0 Å². The maximum atomic E-state index is 13.9. The molecule has 5 aliphatic rings. The number of hydrogen-bond donors (Lipinski definition) is 0. The van der Waals surface area contributed by atoms with Crippen LogP contribution in [-0.4, -0.2) is 33.9 Å². The first-order valence-electron chi connectivity index (χ1n) is 16.9. The fourth-order valence-electron chi connectivity index (χ4n) is 10.7. The number of ether oxygens (including phenoxy) is 1. The van der Waals surface area contributed by atoms with E-state index in [1.54, 1.807) is 12.5 Å². The quantitative estimate of drug-likeness (QED) is 0.300.